The number of hydrogen-bond donors (Lipinski definition) is 2. The van der Waals surface area contributed by atoms with Gasteiger partial charge in [0.1, 0.15) is 0 Å². The molecule has 7 nitrogen and oxygen atoms in total. The molecule has 128 valence electrons. The monoisotopic (exact) mass is 339 g/mol. The second-order valence-electron chi connectivity index (χ2n) is 5.30. The summed E-state index contributed by atoms with van der Waals surface area (Å²) >= 11 is 0. The fourth-order valence-electron chi connectivity index (χ4n) is 2.25. The van der Waals surface area contributed by atoms with Crippen LogP contribution in [0.1, 0.15) is 11.1 Å². The van der Waals surface area contributed by atoms with E-state index in [0.717, 1.165) is 5.56 Å². The average Bonchev–Trinajstić information content (AvgIpc) is 3.10. The molecule has 25 heavy (non-hydrogen) atoms. The Morgan fingerprint density at radius 3 is 2.68 bits per heavy atom. The highest BCUT2D eigenvalue weighted by Gasteiger charge is 2.13. The van der Waals surface area contributed by atoms with Crippen molar-refractivity contribution in [2.75, 3.05) is 13.3 Å². The van der Waals surface area contributed by atoms with Crippen LogP contribution >= 0.6 is 0 Å². The Labute approximate surface area is 144 Å². The standard InChI is InChI=1S/C18H17N3O4/c22-17(19-9-8-13-4-2-1-3-5-13)18(23)21-20-11-14-6-7-15-16(10-14)25-12-24-15/h1-7,10-11H,8-9,12H2,(H,19,22)(H,21,23)/b20-11+. The van der Waals surface area contributed by atoms with Gasteiger partial charge in [-0.2, -0.15) is 5.10 Å². The van der Waals surface area contributed by atoms with Gasteiger partial charge in [-0.1, -0.05) is 30.3 Å². The number of carbonyl (C=O) groups is 2. The van der Waals surface area contributed by atoms with Crippen molar-refractivity contribution in [1.82, 2.24) is 10.7 Å². The van der Waals surface area contributed by atoms with Crippen molar-refractivity contribution in [2.45, 2.75) is 6.42 Å². The Balaban J connectivity index is 1.43. The molecule has 2 aromatic carbocycles. The largest absolute Gasteiger partial charge is 0.454 e. The third kappa shape index (κ3) is 4.57. The van der Waals surface area contributed by atoms with Crippen molar-refractivity contribution in [3.05, 3.63) is 59.7 Å². The maximum absolute atomic E-state index is 11.7. The third-order valence-electron chi connectivity index (χ3n) is 3.52. The number of nitrogens with zero attached hydrogens (tertiary/aromatic N) is 1. The van der Waals surface area contributed by atoms with Crippen LogP contribution in [0.5, 0.6) is 11.5 Å². The lowest BCUT2D eigenvalue weighted by Gasteiger charge is -2.04. The lowest BCUT2D eigenvalue weighted by atomic mass is 10.1. The molecule has 0 saturated heterocycles. The SMILES string of the molecule is O=C(NCCc1ccccc1)C(=O)N/N=C/c1ccc2c(c1)OCO2. The molecule has 0 bridgehead atoms. The van der Waals surface area contributed by atoms with E-state index in [-0.39, 0.29) is 6.79 Å². The molecule has 3 rings (SSSR count). The van der Waals surface area contributed by atoms with Gasteiger partial charge in [0.25, 0.3) is 0 Å². The molecule has 0 unspecified atom stereocenters. The van der Waals surface area contributed by atoms with Crippen molar-refractivity contribution in [1.29, 1.82) is 0 Å². The first kappa shape index (κ1) is 16.5. The summed E-state index contributed by atoms with van der Waals surface area (Å²) in [5.74, 6) is -0.253. The fourth-order valence-corrected chi connectivity index (χ4v) is 2.25. The van der Waals surface area contributed by atoms with Crippen molar-refractivity contribution in [3.8, 4) is 11.5 Å². The molecule has 0 aliphatic carbocycles. The van der Waals surface area contributed by atoms with Crippen LogP contribution in [-0.4, -0.2) is 31.4 Å². The van der Waals surface area contributed by atoms with Gasteiger partial charge in [0.15, 0.2) is 11.5 Å². The van der Waals surface area contributed by atoms with Gasteiger partial charge in [0.2, 0.25) is 6.79 Å². The van der Waals surface area contributed by atoms with E-state index in [2.05, 4.69) is 15.8 Å². The van der Waals surface area contributed by atoms with E-state index < -0.39 is 11.8 Å². The second-order valence-corrected chi connectivity index (χ2v) is 5.30. The molecule has 7 heteroatoms. The number of carbonyl (C=O) groups excluding carboxylic acids is 2. The molecule has 0 fully saturated rings. The van der Waals surface area contributed by atoms with Gasteiger partial charge < -0.3 is 14.8 Å². The lowest BCUT2D eigenvalue weighted by molar-refractivity contribution is -0.139. The highest BCUT2D eigenvalue weighted by atomic mass is 16.7. The summed E-state index contributed by atoms with van der Waals surface area (Å²) in [6, 6.07) is 14.9. The zero-order chi connectivity index (χ0) is 17.5. The summed E-state index contributed by atoms with van der Waals surface area (Å²) in [4.78, 5) is 23.4. The summed E-state index contributed by atoms with van der Waals surface area (Å²) in [6.45, 7) is 0.567. The first-order chi connectivity index (χ1) is 12.2. The smallest absolute Gasteiger partial charge is 0.329 e. The van der Waals surface area contributed by atoms with Crippen molar-refractivity contribution >= 4 is 18.0 Å². The topological polar surface area (TPSA) is 89.0 Å². The number of amides is 2. The van der Waals surface area contributed by atoms with Crippen LogP contribution in [0.4, 0.5) is 0 Å². The minimum Gasteiger partial charge on any atom is -0.454 e. The van der Waals surface area contributed by atoms with E-state index in [1.54, 1.807) is 18.2 Å². The molecule has 0 atom stereocenters. The number of rotatable bonds is 5. The summed E-state index contributed by atoms with van der Waals surface area (Å²) in [6.07, 6.45) is 2.08. The molecule has 1 aliphatic rings. The summed E-state index contributed by atoms with van der Waals surface area (Å²) in [5, 5.41) is 6.32. The molecular formula is C18H17N3O4. The summed E-state index contributed by atoms with van der Waals surface area (Å²) in [5.41, 5.74) is 4.00. The predicted octanol–water partition coefficient (Wildman–Crippen LogP) is 1.22. The first-order valence-electron chi connectivity index (χ1n) is 7.77. The van der Waals surface area contributed by atoms with Crippen molar-refractivity contribution in [3.63, 3.8) is 0 Å². The second kappa shape index (κ2) is 7.96. The van der Waals surface area contributed by atoms with Gasteiger partial charge in [-0.3, -0.25) is 9.59 Å². The van der Waals surface area contributed by atoms with Crippen LogP contribution in [0, 0.1) is 0 Å². The van der Waals surface area contributed by atoms with E-state index in [0.29, 0.717) is 30.0 Å². The third-order valence-corrected chi connectivity index (χ3v) is 3.52. The normalized spacial score (nSPS) is 12.2. The van der Waals surface area contributed by atoms with Crippen LogP contribution in [-0.2, 0) is 16.0 Å². The van der Waals surface area contributed by atoms with E-state index >= 15 is 0 Å². The Bertz CT molecular complexity index is 790. The lowest BCUT2D eigenvalue weighted by Crippen LogP contribution is -2.38. The molecule has 2 aromatic rings. The molecule has 2 N–H and O–H groups in total. The number of fused-ring (bicyclic) bond motifs is 1. The van der Waals surface area contributed by atoms with Crippen molar-refractivity contribution in [2.24, 2.45) is 5.10 Å². The summed E-state index contributed by atoms with van der Waals surface area (Å²) in [7, 11) is 0. The Morgan fingerprint density at radius 1 is 1.04 bits per heavy atom. The van der Waals surface area contributed by atoms with Gasteiger partial charge >= 0.3 is 11.8 Å². The fraction of sp³-hybridized carbons (Fsp3) is 0.167. The molecule has 0 spiro atoms. The van der Waals surface area contributed by atoms with E-state index in [1.807, 2.05) is 30.3 Å². The molecule has 1 aliphatic heterocycles. The predicted molar refractivity (Wildman–Crippen MR) is 91.5 cm³/mol. The van der Waals surface area contributed by atoms with Crippen LogP contribution in [0.2, 0.25) is 0 Å². The highest BCUT2D eigenvalue weighted by Crippen LogP contribution is 2.31. The van der Waals surface area contributed by atoms with Gasteiger partial charge in [-0.05, 0) is 35.7 Å². The summed E-state index contributed by atoms with van der Waals surface area (Å²) < 4.78 is 10.5. The van der Waals surface area contributed by atoms with Gasteiger partial charge in [0.05, 0.1) is 6.21 Å². The number of benzene rings is 2. The minimum atomic E-state index is -0.815. The number of hydrogen-bond acceptors (Lipinski definition) is 5. The van der Waals surface area contributed by atoms with Crippen LogP contribution < -0.4 is 20.2 Å². The quantitative estimate of drug-likeness (QED) is 0.487. The zero-order valence-corrected chi connectivity index (χ0v) is 13.4. The molecule has 1 heterocycles. The maximum Gasteiger partial charge on any atom is 0.329 e. The maximum atomic E-state index is 11.7. The van der Waals surface area contributed by atoms with Gasteiger partial charge in [-0.25, -0.2) is 5.43 Å². The first-order valence-corrected chi connectivity index (χ1v) is 7.77. The molecule has 0 radical (unpaired) electrons. The van der Waals surface area contributed by atoms with Crippen LogP contribution in [0.3, 0.4) is 0 Å². The highest BCUT2D eigenvalue weighted by molar-refractivity contribution is 6.35. The average molecular weight is 339 g/mol. The zero-order valence-electron chi connectivity index (χ0n) is 13.4. The van der Waals surface area contributed by atoms with Crippen molar-refractivity contribution < 1.29 is 19.1 Å². The minimum absolute atomic E-state index is 0.190. The Kier molecular flexibility index (Phi) is 5.26. The number of nitrogens with one attached hydrogen (secondary N) is 2. The van der Waals surface area contributed by atoms with E-state index in [1.165, 1.54) is 6.21 Å². The Morgan fingerprint density at radius 2 is 1.84 bits per heavy atom. The Hall–Kier alpha value is -3.35. The molecule has 0 saturated carbocycles. The molecule has 2 amide bonds. The molecule has 0 aromatic heterocycles. The van der Waals surface area contributed by atoms with Crippen LogP contribution in [0.25, 0.3) is 0 Å². The van der Waals surface area contributed by atoms with Gasteiger partial charge in [0, 0.05) is 6.54 Å². The molecular weight excluding hydrogens is 322 g/mol. The van der Waals surface area contributed by atoms with Gasteiger partial charge in [-0.15, -0.1) is 0 Å². The number of ether oxygens (including phenoxy) is 2. The van der Waals surface area contributed by atoms with Crippen LogP contribution in [0.15, 0.2) is 53.6 Å². The van der Waals surface area contributed by atoms with E-state index in [4.69, 9.17) is 9.47 Å². The van der Waals surface area contributed by atoms with E-state index in [9.17, 15) is 9.59 Å². The number of hydrazone groups is 1.